The van der Waals surface area contributed by atoms with E-state index in [9.17, 15) is 9.59 Å². The Morgan fingerprint density at radius 1 is 0.889 bits per heavy atom. The van der Waals surface area contributed by atoms with Gasteiger partial charge in [-0.2, -0.15) is 0 Å². The van der Waals surface area contributed by atoms with Crippen molar-refractivity contribution in [3.8, 4) is 22.6 Å². The summed E-state index contributed by atoms with van der Waals surface area (Å²) in [6.07, 6.45) is 0.492. The van der Waals surface area contributed by atoms with Gasteiger partial charge in [0.05, 0.1) is 5.69 Å². The third-order valence-electron chi connectivity index (χ3n) is 4.18. The summed E-state index contributed by atoms with van der Waals surface area (Å²) >= 11 is 0. The summed E-state index contributed by atoms with van der Waals surface area (Å²) in [5.74, 6) is 1.17. The molecule has 0 bridgehead atoms. The Balaban J connectivity index is 1.56. The molecule has 3 amide bonds. The van der Waals surface area contributed by atoms with Crippen LogP contribution in [-0.2, 0) is 4.79 Å². The molecule has 0 radical (unpaired) electrons. The second kappa shape index (κ2) is 7.21. The maximum Gasteiger partial charge on any atom is 0.332 e. The van der Waals surface area contributed by atoms with Gasteiger partial charge in [-0.1, -0.05) is 42.5 Å². The molecule has 0 saturated heterocycles. The summed E-state index contributed by atoms with van der Waals surface area (Å²) in [5, 5.41) is 2.70. The highest BCUT2D eigenvalue weighted by molar-refractivity contribution is 6.12. The van der Waals surface area contributed by atoms with Gasteiger partial charge in [-0.3, -0.25) is 4.79 Å². The number of ether oxygens (including phenoxy) is 2. The van der Waals surface area contributed by atoms with Crippen molar-refractivity contribution in [1.29, 1.82) is 0 Å². The summed E-state index contributed by atoms with van der Waals surface area (Å²) in [6, 6.07) is 21.5. The van der Waals surface area contributed by atoms with Crippen LogP contribution in [0.3, 0.4) is 0 Å². The summed E-state index contributed by atoms with van der Waals surface area (Å²) < 4.78 is 10.6. The van der Waals surface area contributed by atoms with Crippen molar-refractivity contribution in [3.63, 3.8) is 0 Å². The molecule has 6 heteroatoms. The van der Waals surface area contributed by atoms with E-state index in [4.69, 9.17) is 9.47 Å². The summed E-state index contributed by atoms with van der Waals surface area (Å²) in [7, 11) is 0. The highest BCUT2D eigenvalue weighted by Gasteiger charge is 2.18. The first-order chi connectivity index (χ1) is 13.2. The zero-order chi connectivity index (χ0) is 18.6. The van der Waals surface area contributed by atoms with Crippen molar-refractivity contribution in [2.45, 2.75) is 0 Å². The predicted molar refractivity (Wildman–Crippen MR) is 102 cm³/mol. The van der Waals surface area contributed by atoms with Gasteiger partial charge in [0.1, 0.15) is 0 Å². The summed E-state index contributed by atoms with van der Waals surface area (Å²) in [6.45, 7) is 0.152. The molecule has 0 fully saturated rings. The van der Waals surface area contributed by atoms with Gasteiger partial charge < -0.3 is 14.8 Å². The number of benzene rings is 3. The predicted octanol–water partition coefficient (Wildman–Crippen LogP) is 4.28. The molecule has 3 aromatic carbocycles. The van der Waals surface area contributed by atoms with Crippen LogP contribution >= 0.6 is 0 Å². The lowest BCUT2D eigenvalue weighted by Gasteiger charge is -2.17. The van der Waals surface area contributed by atoms with Crippen LogP contribution in [0.15, 0.2) is 72.8 Å². The number of nitrogens with one attached hydrogen (secondary N) is 1. The zero-order valence-electron chi connectivity index (χ0n) is 14.3. The molecular weight excluding hydrogens is 344 g/mol. The van der Waals surface area contributed by atoms with Gasteiger partial charge in [0.2, 0.25) is 13.2 Å². The van der Waals surface area contributed by atoms with Gasteiger partial charge in [0.15, 0.2) is 11.5 Å². The van der Waals surface area contributed by atoms with Crippen molar-refractivity contribution in [1.82, 2.24) is 0 Å². The third kappa shape index (κ3) is 3.46. The van der Waals surface area contributed by atoms with Crippen molar-refractivity contribution >= 4 is 23.8 Å². The molecule has 0 unspecified atom stereocenters. The van der Waals surface area contributed by atoms with Crippen LogP contribution in [0, 0.1) is 0 Å². The van der Waals surface area contributed by atoms with E-state index in [2.05, 4.69) is 5.32 Å². The van der Waals surface area contributed by atoms with Crippen LogP contribution in [0.25, 0.3) is 11.1 Å². The Labute approximate surface area is 155 Å². The van der Waals surface area contributed by atoms with Crippen molar-refractivity contribution < 1.29 is 19.1 Å². The first-order valence-corrected chi connectivity index (χ1v) is 8.35. The van der Waals surface area contributed by atoms with Crippen molar-refractivity contribution in [3.05, 3.63) is 72.8 Å². The van der Waals surface area contributed by atoms with Gasteiger partial charge in [-0.15, -0.1) is 0 Å². The molecule has 1 aliphatic rings. The zero-order valence-corrected chi connectivity index (χ0v) is 14.3. The Morgan fingerprint density at radius 2 is 1.67 bits per heavy atom. The first-order valence-electron chi connectivity index (χ1n) is 8.35. The van der Waals surface area contributed by atoms with Gasteiger partial charge in [0, 0.05) is 11.8 Å². The fourth-order valence-electron chi connectivity index (χ4n) is 2.85. The number of nitrogens with zero attached hydrogens (tertiary/aromatic N) is 1. The average molecular weight is 360 g/mol. The minimum Gasteiger partial charge on any atom is -0.454 e. The highest BCUT2D eigenvalue weighted by Crippen LogP contribution is 2.34. The SMILES string of the molecule is O=CN(C(=O)Nc1ccc2c(c1)OCO2)c1cccc(-c2ccccc2)c1. The van der Waals surface area contributed by atoms with E-state index < -0.39 is 6.03 Å². The van der Waals surface area contributed by atoms with Gasteiger partial charge in [0.25, 0.3) is 0 Å². The number of fused-ring (bicyclic) bond motifs is 1. The van der Waals surface area contributed by atoms with Gasteiger partial charge >= 0.3 is 6.03 Å². The van der Waals surface area contributed by atoms with E-state index in [1.54, 1.807) is 30.3 Å². The minimum absolute atomic E-state index is 0.152. The molecular formula is C21H16N2O4. The van der Waals surface area contributed by atoms with Crippen molar-refractivity contribution in [2.24, 2.45) is 0 Å². The maximum atomic E-state index is 12.6. The molecule has 134 valence electrons. The van der Waals surface area contributed by atoms with Crippen LogP contribution in [0.4, 0.5) is 16.2 Å². The van der Waals surface area contributed by atoms with E-state index in [-0.39, 0.29) is 6.79 Å². The number of hydrogen-bond donors (Lipinski definition) is 1. The molecule has 6 nitrogen and oxygen atoms in total. The molecule has 0 aliphatic carbocycles. The molecule has 0 spiro atoms. The number of carbonyl (C=O) groups is 2. The minimum atomic E-state index is -0.561. The fraction of sp³-hybridized carbons (Fsp3) is 0.0476. The molecule has 1 N–H and O–H groups in total. The van der Waals surface area contributed by atoms with Gasteiger partial charge in [-0.05, 0) is 35.4 Å². The first kappa shape index (κ1) is 16.7. The maximum absolute atomic E-state index is 12.6. The Hall–Kier alpha value is -3.80. The molecule has 27 heavy (non-hydrogen) atoms. The molecule has 0 atom stereocenters. The molecule has 3 aromatic rings. The number of urea groups is 1. The lowest BCUT2D eigenvalue weighted by molar-refractivity contribution is -0.106. The monoisotopic (exact) mass is 360 g/mol. The number of hydrogen-bond acceptors (Lipinski definition) is 4. The van der Waals surface area contributed by atoms with E-state index in [0.717, 1.165) is 16.0 Å². The number of carbonyl (C=O) groups excluding carboxylic acids is 2. The molecule has 1 heterocycles. The summed E-state index contributed by atoms with van der Waals surface area (Å²) in [5.41, 5.74) is 2.90. The van der Waals surface area contributed by atoms with Crippen LogP contribution < -0.4 is 19.7 Å². The topological polar surface area (TPSA) is 67.9 Å². The molecule has 4 rings (SSSR count). The fourth-order valence-corrected chi connectivity index (χ4v) is 2.85. The van der Waals surface area contributed by atoms with E-state index in [1.807, 2.05) is 42.5 Å². The summed E-state index contributed by atoms with van der Waals surface area (Å²) in [4.78, 5) is 25.2. The lowest BCUT2D eigenvalue weighted by atomic mass is 10.1. The lowest BCUT2D eigenvalue weighted by Crippen LogP contribution is -2.33. The molecule has 1 aliphatic heterocycles. The number of anilines is 2. The average Bonchev–Trinajstić information content (AvgIpc) is 3.17. The van der Waals surface area contributed by atoms with Gasteiger partial charge in [-0.25, -0.2) is 9.69 Å². The Bertz CT molecular complexity index is 988. The Morgan fingerprint density at radius 3 is 2.48 bits per heavy atom. The van der Waals surface area contributed by atoms with Crippen LogP contribution in [0.5, 0.6) is 11.5 Å². The number of rotatable bonds is 4. The normalized spacial score (nSPS) is 11.7. The molecule has 0 aromatic heterocycles. The quantitative estimate of drug-likeness (QED) is 0.705. The van der Waals surface area contributed by atoms with Crippen molar-refractivity contribution in [2.75, 3.05) is 17.0 Å². The van der Waals surface area contributed by atoms with Crippen LogP contribution in [-0.4, -0.2) is 19.2 Å². The second-order valence-electron chi connectivity index (χ2n) is 5.89. The number of amides is 3. The smallest absolute Gasteiger partial charge is 0.332 e. The van der Waals surface area contributed by atoms with Crippen LogP contribution in [0.1, 0.15) is 0 Å². The second-order valence-corrected chi connectivity index (χ2v) is 5.89. The Kier molecular flexibility index (Phi) is 4.45. The van der Waals surface area contributed by atoms with E-state index in [0.29, 0.717) is 29.3 Å². The van der Waals surface area contributed by atoms with Crippen LogP contribution in [0.2, 0.25) is 0 Å². The molecule has 0 saturated carbocycles. The third-order valence-corrected chi connectivity index (χ3v) is 4.18. The van der Waals surface area contributed by atoms with E-state index >= 15 is 0 Å². The van der Waals surface area contributed by atoms with E-state index in [1.165, 1.54) is 0 Å². The number of imide groups is 1. The largest absolute Gasteiger partial charge is 0.454 e. The highest BCUT2D eigenvalue weighted by atomic mass is 16.7. The standard InChI is InChI=1S/C21H16N2O4/c24-13-23(18-8-4-7-16(11-18)15-5-2-1-3-6-15)21(25)22-17-9-10-19-20(12-17)27-14-26-19/h1-13H,14H2,(H,22,25).